The first-order chi connectivity index (χ1) is 9.19. The van der Waals surface area contributed by atoms with Gasteiger partial charge < -0.3 is 9.47 Å². The smallest absolute Gasteiger partial charge is 0.320 e. The largest absolute Gasteiger partial charge is 0.465 e. The van der Waals surface area contributed by atoms with Gasteiger partial charge in [-0.3, -0.25) is 9.59 Å². The summed E-state index contributed by atoms with van der Waals surface area (Å²) in [5.74, 6) is -1.91. The zero-order chi connectivity index (χ0) is 14.1. The summed E-state index contributed by atoms with van der Waals surface area (Å²) in [5.41, 5.74) is 0.911. The number of ether oxygens (including phenoxy) is 2. The van der Waals surface area contributed by atoms with E-state index in [0.29, 0.717) is 13.0 Å². The average Bonchev–Trinajstić information content (AvgIpc) is 2.43. The maximum atomic E-state index is 11.9. The molecule has 19 heavy (non-hydrogen) atoms. The van der Waals surface area contributed by atoms with E-state index in [1.165, 1.54) is 0 Å². The van der Waals surface area contributed by atoms with Gasteiger partial charge in [0.05, 0.1) is 13.2 Å². The molecule has 0 radical (unpaired) electrons. The van der Waals surface area contributed by atoms with Gasteiger partial charge in [-0.2, -0.15) is 0 Å². The highest BCUT2D eigenvalue weighted by Gasteiger charge is 2.29. The van der Waals surface area contributed by atoms with Crippen molar-refractivity contribution in [3.63, 3.8) is 0 Å². The fourth-order valence-corrected chi connectivity index (χ4v) is 1.66. The van der Waals surface area contributed by atoms with Gasteiger partial charge in [0.25, 0.3) is 0 Å². The summed E-state index contributed by atoms with van der Waals surface area (Å²) in [4.78, 5) is 23.7. The van der Waals surface area contributed by atoms with Crippen molar-refractivity contribution >= 4 is 11.9 Å². The zero-order valence-electron chi connectivity index (χ0n) is 11.4. The van der Waals surface area contributed by atoms with Crippen molar-refractivity contribution in [3.05, 3.63) is 35.9 Å². The maximum Gasteiger partial charge on any atom is 0.320 e. The van der Waals surface area contributed by atoms with E-state index < -0.39 is 17.9 Å². The molecule has 0 spiro atoms. The lowest BCUT2D eigenvalue weighted by Gasteiger charge is -2.14. The third-order valence-corrected chi connectivity index (χ3v) is 2.59. The van der Waals surface area contributed by atoms with Gasteiger partial charge in [0.1, 0.15) is 0 Å². The number of benzene rings is 1. The van der Waals surface area contributed by atoms with E-state index in [9.17, 15) is 9.59 Å². The fourth-order valence-electron chi connectivity index (χ4n) is 1.66. The molecule has 1 aromatic carbocycles. The molecule has 0 aliphatic rings. The van der Waals surface area contributed by atoms with Gasteiger partial charge in [0.2, 0.25) is 0 Å². The van der Waals surface area contributed by atoms with Crippen molar-refractivity contribution in [1.29, 1.82) is 0 Å². The monoisotopic (exact) mass is 264 g/mol. The maximum absolute atomic E-state index is 11.9. The molecule has 104 valence electrons. The van der Waals surface area contributed by atoms with Gasteiger partial charge in [-0.05, 0) is 25.3 Å². The van der Waals surface area contributed by atoms with Crippen molar-refractivity contribution in [3.8, 4) is 0 Å². The topological polar surface area (TPSA) is 52.6 Å². The van der Waals surface area contributed by atoms with Crippen LogP contribution in [0.25, 0.3) is 0 Å². The standard InChI is InChI=1S/C15H20O4/c1-3-10-19-15(17)13(14(16)18-4-2)11-12-8-6-5-7-9-12/h5-9,13H,3-4,10-11H2,1-2H3. The van der Waals surface area contributed by atoms with Crippen molar-refractivity contribution in [2.45, 2.75) is 26.7 Å². The van der Waals surface area contributed by atoms with Gasteiger partial charge in [0.15, 0.2) is 5.92 Å². The zero-order valence-corrected chi connectivity index (χ0v) is 11.4. The molecule has 0 amide bonds. The molecule has 1 rings (SSSR count). The van der Waals surface area contributed by atoms with Gasteiger partial charge in [-0.25, -0.2) is 0 Å². The second-order valence-electron chi connectivity index (χ2n) is 4.16. The Balaban J connectivity index is 2.74. The summed E-state index contributed by atoms with van der Waals surface area (Å²) in [7, 11) is 0. The number of hydrogen-bond acceptors (Lipinski definition) is 4. The van der Waals surface area contributed by atoms with Gasteiger partial charge in [-0.15, -0.1) is 0 Å². The van der Waals surface area contributed by atoms with Crippen LogP contribution in [0, 0.1) is 5.92 Å². The highest BCUT2D eigenvalue weighted by atomic mass is 16.6. The SMILES string of the molecule is CCCOC(=O)C(Cc1ccccc1)C(=O)OCC. The van der Waals surface area contributed by atoms with Crippen molar-refractivity contribution in [2.75, 3.05) is 13.2 Å². The molecule has 1 atom stereocenters. The molecule has 1 unspecified atom stereocenters. The Bertz CT molecular complexity index is 400. The highest BCUT2D eigenvalue weighted by Crippen LogP contribution is 2.13. The van der Waals surface area contributed by atoms with Crippen molar-refractivity contribution in [1.82, 2.24) is 0 Å². The Hall–Kier alpha value is -1.84. The normalized spacial score (nSPS) is 11.7. The first-order valence-corrected chi connectivity index (χ1v) is 6.56. The molecule has 0 heterocycles. The Morgan fingerprint density at radius 2 is 1.68 bits per heavy atom. The molecule has 0 aliphatic heterocycles. The summed E-state index contributed by atoms with van der Waals surface area (Å²) >= 11 is 0. The number of carbonyl (C=O) groups excluding carboxylic acids is 2. The highest BCUT2D eigenvalue weighted by molar-refractivity contribution is 5.95. The molecule has 0 N–H and O–H groups in total. The first kappa shape index (κ1) is 15.2. The molecular weight excluding hydrogens is 244 g/mol. The Morgan fingerprint density at radius 1 is 1.05 bits per heavy atom. The molecular formula is C15H20O4. The van der Waals surface area contributed by atoms with E-state index in [1.54, 1.807) is 6.92 Å². The third-order valence-electron chi connectivity index (χ3n) is 2.59. The molecule has 0 saturated heterocycles. The van der Waals surface area contributed by atoms with Crippen LogP contribution in [0.3, 0.4) is 0 Å². The van der Waals surface area contributed by atoms with Crippen LogP contribution < -0.4 is 0 Å². The molecule has 4 heteroatoms. The van der Waals surface area contributed by atoms with Crippen LogP contribution in [0.4, 0.5) is 0 Å². The molecule has 0 saturated carbocycles. The molecule has 4 nitrogen and oxygen atoms in total. The Morgan fingerprint density at radius 3 is 2.26 bits per heavy atom. The average molecular weight is 264 g/mol. The fraction of sp³-hybridized carbons (Fsp3) is 0.467. The first-order valence-electron chi connectivity index (χ1n) is 6.56. The van der Waals surface area contributed by atoms with E-state index in [4.69, 9.17) is 9.47 Å². The summed E-state index contributed by atoms with van der Waals surface area (Å²) in [5, 5.41) is 0. The molecule has 0 fully saturated rings. The lowest BCUT2D eigenvalue weighted by Crippen LogP contribution is -2.30. The minimum absolute atomic E-state index is 0.255. The van der Waals surface area contributed by atoms with Crippen molar-refractivity contribution < 1.29 is 19.1 Å². The summed E-state index contributed by atoms with van der Waals surface area (Å²) in [6, 6.07) is 9.38. The van der Waals surface area contributed by atoms with Gasteiger partial charge in [-0.1, -0.05) is 37.3 Å². The van der Waals surface area contributed by atoms with E-state index in [1.807, 2.05) is 37.3 Å². The molecule has 0 bridgehead atoms. The van der Waals surface area contributed by atoms with Gasteiger partial charge in [0, 0.05) is 0 Å². The van der Waals surface area contributed by atoms with E-state index in [-0.39, 0.29) is 6.61 Å². The molecule has 0 aliphatic carbocycles. The Labute approximate surface area is 113 Å². The van der Waals surface area contributed by atoms with Crippen LogP contribution in [0.5, 0.6) is 0 Å². The molecule has 0 aromatic heterocycles. The van der Waals surface area contributed by atoms with Gasteiger partial charge >= 0.3 is 11.9 Å². The van der Waals surface area contributed by atoms with Crippen LogP contribution in [-0.4, -0.2) is 25.2 Å². The second-order valence-corrected chi connectivity index (χ2v) is 4.16. The lowest BCUT2D eigenvalue weighted by molar-refractivity contribution is -0.161. The second kappa shape index (κ2) is 8.29. The number of hydrogen-bond donors (Lipinski definition) is 0. The van der Waals surface area contributed by atoms with Crippen LogP contribution in [0.2, 0.25) is 0 Å². The van der Waals surface area contributed by atoms with Crippen molar-refractivity contribution in [2.24, 2.45) is 5.92 Å². The lowest BCUT2D eigenvalue weighted by atomic mass is 9.99. The van der Waals surface area contributed by atoms with Crippen LogP contribution in [-0.2, 0) is 25.5 Å². The summed E-state index contributed by atoms with van der Waals surface area (Å²) in [6.45, 7) is 4.20. The molecule has 1 aromatic rings. The Kier molecular flexibility index (Phi) is 6.64. The quantitative estimate of drug-likeness (QED) is 0.560. The summed E-state index contributed by atoms with van der Waals surface area (Å²) in [6.07, 6.45) is 1.04. The van der Waals surface area contributed by atoms with Crippen LogP contribution in [0.1, 0.15) is 25.8 Å². The minimum Gasteiger partial charge on any atom is -0.465 e. The van der Waals surface area contributed by atoms with Crippen LogP contribution in [0.15, 0.2) is 30.3 Å². The van der Waals surface area contributed by atoms with E-state index in [0.717, 1.165) is 12.0 Å². The minimum atomic E-state index is -0.881. The van der Waals surface area contributed by atoms with E-state index in [2.05, 4.69) is 0 Å². The predicted octanol–water partition coefficient (Wildman–Crippen LogP) is 2.36. The van der Waals surface area contributed by atoms with Crippen LogP contribution >= 0.6 is 0 Å². The number of esters is 2. The third kappa shape index (κ3) is 5.12. The predicted molar refractivity (Wildman–Crippen MR) is 71.5 cm³/mol. The van der Waals surface area contributed by atoms with E-state index >= 15 is 0 Å². The number of rotatable bonds is 7. The number of carbonyl (C=O) groups is 2. The summed E-state index contributed by atoms with van der Waals surface area (Å²) < 4.78 is 9.99.